The van der Waals surface area contributed by atoms with Gasteiger partial charge in [0.2, 0.25) is 0 Å². The fraction of sp³-hybridized carbons (Fsp3) is 0.214. The maximum absolute atomic E-state index is 12.2. The Morgan fingerprint density at radius 3 is 2.67 bits per heavy atom. The molecule has 0 fully saturated rings. The zero-order valence-corrected chi connectivity index (χ0v) is 10.5. The minimum Gasteiger partial charge on any atom is -0.440 e. The van der Waals surface area contributed by atoms with Gasteiger partial charge in [-0.05, 0) is 41.3 Å². The average molecular weight is 262 g/mol. The molecule has 1 aromatic heterocycles. The van der Waals surface area contributed by atoms with E-state index in [1.165, 1.54) is 11.1 Å². The molecule has 1 amide bonds. The van der Waals surface area contributed by atoms with Crippen LogP contribution in [0.15, 0.2) is 40.8 Å². The summed E-state index contributed by atoms with van der Waals surface area (Å²) < 4.78 is 5.16. The fourth-order valence-corrected chi connectivity index (χ4v) is 2.40. The Morgan fingerprint density at radius 1 is 1.17 bits per heavy atom. The Balaban J connectivity index is 1.82. The molecule has 1 aliphatic heterocycles. The van der Waals surface area contributed by atoms with Crippen LogP contribution in [0.3, 0.4) is 0 Å². The number of rotatable bonds is 1. The highest BCUT2D eigenvalue weighted by Gasteiger charge is 2.23. The minimum atomic E-state index is -0.101. The number of fused-ring (bicyclic) bond motifs is 1. The topological polar surface area (TPSA) is 33.5 Å². The highest BCUT2D eigenvalue weighted by atomic mass is 35.5. The first-order chi connectivity index (χ1) is 8.74. The predicted molar refractivity (Wildman–Crippen MR) is 68.6 cm³/mol. The summed E-state index contributed by atoms with van der Waals surface area (Å²) in [5.41, 5.74) is 2.52. The van der Waals surface area contributed by atoms with E-state index in [4.69, 9.17) is 16.0 Å². The van der Waals surface area contributed by atoms with E-state index in [1.807, 2.05) is 12.1 Å². The van der Waals surface area contributed by atoms with Gasteiger partial charge in [0.05, 0.1) is 0 Å². The van der Waals surface area contributed by atoms with E-state index in [1.54, 1.807) is 17.0 Å². The van der Waals surface area contributed by atoms with Crippen molar-refractivity contribution >= 4 is 17.5 Å². The lowest BCUT2D eigenvalue weighted by molar-refractivity contribution is 0.0702. The SMILES string of the molecule is O=C(c1ccc(Cl)o1)N1CCc2ccccc2C1. The first-order valence-electron chi connectivity index (χ1n) is 5.85. The number of hydrogen-bond donors (Lipinski definition) is 0. The molecule has 3 nitrogen and oxygen atoms in total. The summed E-state index contributed by atoms with van der Waals surface area (Å²) in [5.74, 6) is 0.204. The highest BCUT2D eigenvalue weighted by Crippen LogP contribution is 2.21. The molecular formula is C14H12ClNO2. The third kappa shape index (κ3) is 2.02. The van der Waals surface area contributed by atoms with Crippen molar-refractivity contribution in [2.45, 2.75) is 13.0 Å². The summed E-state index contributed by atoms with van der Waals surface area (Å²) >= 11 is 5.69. The Kier molecular flexibility index (Phi) is 2.84. The second-order valence-electron chi connectivity index (χ2n) is 4.35. The summed E-state index contributed by atoms with van der Waals surface area (Å²) in [6.45, 7) is 1.35. The van der Waals surface area contributed by atoms with Crippen LogP contribution in [0.4, 0.5) is 0 Å². The number of carbonyl (C=O) groups excluding carboxylic acids is 1. The molecule has 0 saturated heterocycles. The van der Waals surface area contributed by atoms with Gasteiger partial charge in [-0.15, -0.1) is 0 Å². The van der Waals surface area contributed by atoms with Gasteiger partial charge < -0.3 is 9.32 Å². The van der Waals surface area contributed by atoms with Crippen LogP contribution >= 0.6 is 11.6 Å². The fourth-order valence-electron chi connectivity index (χ4n) is 2.25. The summed E-state index contributed by atoms with van der Waals surface area (Å²) in [4.78, 5) is 14.0. The summed E-state index contributed by atoms with van der Waals surface area (Å²) in [7, 11) is 0. The van der Waals surface area contributed by atoms with E-state index >= 15 is 0 Å². The van der Waals surface area contributed by atoms with Crippen LogP contribution in [-0.2, 0) is 13.0 Å². The summed E-state index contributed by atoms with van der Waals surface area (Å²) in [6.07, 6.45) is 0.885. The number of carbonyl (C=O) groups is 1. The molecule has 0 saturated carbocycles. The molecule has 0 N–H and O–H groups in total. The first kappa shape index (κ1) is 11.4. The van der Waals surface area contributed by atoms with Gasteiger partial charge in [-0.1, -0.05) is 24.3 Å². The average Bonchev–Trinajstić information content (AvgIpc) is 2.84. The van der Waals surface area contributed by atoms with Crippen molar-refractivity contribution in [3.05, 3.63) is 58.5 Å². The van der Waals surface area contributed by atoms with Crippen molar-refractivity contribution in [1.82, 2.24) is 4.90 Å². The number of hydrogen-bond acceptors (Lipinski definition) is 2. The van der Waals surface area contributed by atoms with Crippen LogP contribution in [0.1, 0.15) is 21.7 Å². The zero-order valence-electron chi connectivity index (χ0n) is 9.73. The number of furan rings is 1. The third-order valence-corrected chi connectivity index (χ3v) is 3.40. The summed E-state index contributed by atoms with van der Waals surface area (Å²) in [6, 6.07) is 11.4. The molecule has 92 valence electrons. The zero-order chi connectivity index (χ0) is 12.5. The Hall–Kier alpha value is -1.74. The Morgan fingerprint density at radius 2 is 1.94 bits per heavy atom. The molecule has 0 atom stereocenters. The first-order valence-corrected chi connectivity index (χ1v) is 6.23. The lowest BCUT2D eigenvalue weighted by Crippen LogP contribution is -2.35. The molecule has 2 aromatic rings. The number of halogens is 1. The van der Waals surface area contributed by atoms with E-state index in [0.717, 1.165) is 6.42 Å². The molecule has 2 heterocycles. The minimum absolute atomic E-state index is 0.101. The molecule has 0 radical (unpaired) electrons. The van der Waals surface area contributed by atoms with Crippen LogP contribution in [0, 0.1) is 0 Å². The van der Waals surface area contributed by atoms with Crippen molar-refractivity contribution in [3.63, 3.8) is 0 Å². The maximum Gasteiger partial charge on any atom is 0.289 e. The molecular weight excluding hydrogens is 250 g/mol. The van der Waals surface area contributed by atoms with Gasteiger partial charge in [-0.2, -0.15) is 0 Å². The van der Waals surface area contributed by atoms with Crippen LogP contribution in [0.2, 0.25) is 5.22 Å². The lowest BCUT2D eigenvalue weighted by atomic mass is 10.00. The Labute approximate surface area is 110 Å². The van der Waals surface area contributed by atoms with E-state index in [-0.39, 0.29) is 11.1 Å². The molecule has 0 bridgehead atoms. The van der Waals surface area contributed by atoms with Crippen LogP contribution in [0.25, 0.3) is 0 Å². The second kappa shape index (κ2) is 4.50. The predicted octanol–water partition coefficient (Wildman–Crippen LogP) is 3.13. The van der Waals surface area contributed by atoms with E-state index in [2.05, 4.69) is 12.1 Å². The van der Waals surface area contributed by atoms with E-state index in [0.29, 0.717) is 18.8 Å². The van der Waals surface area contributed by atoms with Gasteiger partial charge >= 0.3 is 0 Å². The van der Waals surface area contributed by atoms with E-state index in [9.17, 15) is 4.79 Å². The molecule has 1 aliphatic rings. The van der Waals surface area contributed by atoms with Crippen molar-refractivity contribution in [1.29, 1.82) is 0 Å². The monoisotopic (exact) mass is 261 g/mol. The summed E-state index contributed by atoms with van der Waals surface area (Å²) in [5, 5.41) is 0.246. The maximum atomic E-state index is 12.2. The normalized spacial score (nSPS) is 14.4. The third-order valence-electron chi connectivity index (χ3n) is 3.20. The molecule has 18 heavy (non-hydrogen) atoms. The van der Waals surface area contributed by atoms with Gasteiger partial charge in [0.25, 0.3) is 5.91 Å². The van der Waals surface area contributed by atoms with Gasteiger partial charge in [-0.3, -0.25) is 4.79 Å². The Bertz CT molecular complexity index is 591. The highest BCUT2D eigenvalue weighted by molar-refractivity contribution is 6.29. The number of benzene rings is 1. The van der Waals surface area contributed by atoms with Gasteiger partial charge in [-0.25, -0.2) is 0 Å². The molecule has 3 rings (SSSR count). The van der Waals surface area contributed by atoms with E-state index < -0.39 is 0 Å². The number of nitrogens with zero attached hydrogens (tertiary/aromatic N) is 1. The molecule has 4 heteroatoms. The molecule has 1 aromatic carbocycles. The van der Waals surface area contributed by atoms with Gasteiger partial charge in [0.15, 0.2) is 11.0 Å². The smallest absolute Gasteiger partial charge is 0.289 e. The molecule has 0 spiro atoms. The van der Waals surface area contributed by atoms with Gasteiger partial charge in [0.1, 0.15) is 0 Å². The van der Waals surface area contributed by atoms with Crippen molar-refractivity contribution in [2.24, 2.45) is 0 Å². The lowest BCUT2D eigenvalue weighted by Gasteiger charge is -2.28. The largest absolute Gasteiger partial charge is 0.440 e. The van der Waals surface area contributed by atoms with Crippen LogP contribution in [-0.4, -0.2) is 17.4 Å². The van der Waals surface area contributed by atoms with Crippen LogP contribution in [0.5, 0.6) is 0 Å². The molecule has 0 aliphatic carbocycles. The van der Waals surface area contributed by atoms with Gasteiger partial charge in [0, 0.05) is 13.1 Å². The quantitative estimate of drug-likeness (QED) is 0.790. The molecule has 0 unspecified atom stereocenters. The van der Waals surface area contributed by atoms with Crippen LogP contribution < -0.4 is 0 Å². The second-order valence-corrected chi connectivity index (χ2v) is 4.72. The number of amides is 1. The van der Waals surface area contributed by atoms with Crippen molar-refractivity contribution in [2.75, 3.05) is 6.54 Å². The van der Waals surface area contributed by atoms with Crippen molar-refractivity contribution < 1.29 is 9.21 Å². The standard InChI is InChI=1S/C14H12ClNO2/c15-13-6-5-12(18-13)14(17)16-8-7-10-3-1-2-4-11(10)9-16/h1-6H,7-9H2. The van der Waals surface area contributed by atoms with Crippen molar-refractivity contribution in [3.8, 4) is 0 Å².